The lowest BCUT2D eigenvalue weighted by Crippen LogP contribution is -2.14. The van der Waals surface area contributed by atoms with E-state index < -0.39 is 6.23 Å². The summed E-state index contributed by atoms with van der Waals surface area (Å²) in [5, 5.41) is 13.3. The van der Waals surface area contributed by atoms with Crippen LogP contribution in [0.25, 0.3) is 0 Å². The third kappa shape index (κ3) is 1.53. The maximum absolute atomic E-state index is 12.2. The predicted octanol–water partition coefficient (Wildman–Crippen LogP) is 2.25. The second-order valence-corrected chi connectivity index (χ2v) is 4.28. The van der Waals surface area contributed by atoms with Gasteiger partial charge in [-0.05, 0) is 30.3 Å². The Morgan fingerprint density at radius 3 is 3.00 bits per heavy atom. The molecule has 0 fully saturated rings. The maximum atomic E-state index is 12.2. The number of carbonyl (C=O) groups excluding carboxylic acids is 1. The van der Waals surface area contributed by atoms with Gasteiger partial charge in [-0.3, -0.25) is 9.36 Å². The fourth-order valence-corrected chi connectivity index (χ4v) is 2.14. The molecule has 1 atom stereocenters. The normalized spacial score (nSPS) is 18.0. The van der Waals surface area contributed by atoms with Gasteiger partial charge in [-0.25, -0.2) is 0 Å². The number of halogens is 1. The van der Waals surface area contributed by atoms with Crippen LogP contribution in [0.3, 0.4) is 0 Å². The number of carbonyl (C=O) groups is 1. The number of hydrogen-bond acceptors (Lipinski definition) is 3. The molecule has 1 aliphatic rings. The highest BCUT2D eigenvalue weighted by molar-refractivity contribution is 6.31. The number of hydrogen-bond donors (Lipinski definition) is 2. The molecule has 2 heterocycles. The van der Waals surface area contributed by atoms with Gasteiger partial charge in [0.2, 0.25) is 0 Å². The van der Waals surface area contributed by atoms with E-state index in [2.05, 4.69) is 5.32 Å². The number of aliphatic hydroxyl groups excluding tert-OH is 1. The summed E-state index contributed by atoms with van der Waals surface area (Å²) in [6.07, 6.45) is 0.717. The molecule has 4 nitrogen and oxygen atoms in total. The molecule has 0 saturated carbocycles. The number of benzene rings is 1. The van der Waals surface area contributed by atoms with Crippen LogP contribution in [0.5, 0.6) is 0 Å². The summed E-state index contributed by atoms with van der Waals surface area (Å²) in [5.74, 6) is -0.202. The Kier molecular flexibility index (Phi) is 2.21. The molecule has 0 spiro atoms. The van der Waals surface area contributed by atoms with Crippen molar-refractivity contribution >= 4 is 23.2 Å². The SMILES string of the molecule is O=C1c2cc(Cl)ccc2N[C@H](O)c2cccn21. The topological polar surface area (TPSA) is 54.3 Å². The molecule has 5 heteroatoms. The summed E-state index contributed by atoms with van der Waals surface area (Å²) in [6.45, 7) is 0. The van der Waals surface area contributed by atoms with Gasteiger partial charge in [-0.15, -0.1) is 0 Å². The highest BCUT2D eigenvalue weighted by Crippen LogP contribution is 2.29. The van der Waals surface area contributed by atoms with E-state index in [1.54, 1.807) is 36.5 Å². The molecule has 1 aliphatic heterocycles. The van der Waals surface area contributed by atoms with E-state index in [1.165, 1.54) is 4.57 Å². The van der Waals surface area contributed by atoms with Crippen molar-refractivity contribution < 1.29 is 9.90 Å². The minimum absolute atomic E-state index is 0.202. The van der Waals surface area contributed by atoms with E-state index in [0.29, 0.717) is 22.0 Å². The molecule has 0 aliphatic carbocycles. The average Bonchev–Trinajstić information content (AvgIpc) is 2.76. The molecule has 86 valence electrons. The first-order valence-electron chi connectivity index (χ1n) is 5.13. The number of aliphatic hydroxyl groups is 1. The van der Waals surface area contributed by atoms with E-state index in [1.807, 2.05) is 0 Å². The van der Waals surface area contributed by atoms with Crippen molar-refractivity contribution in [2.75, 3.05) is 5.32 Å². The number of fused-ring (bicyclic) bond motifs is 2. The summed E-state index contributed by atoms with van der Waals surface area (Å²) >= 11 is 5.88. The minimum atomic E-state index is -0.906. The monoisotopic (exact) mass is 248 g/mol. The standard InChI is InChI=1S/C12H9ClN2O2/c13-7-3-4-9-8(6-7)12(17)15-5-1-2-10(15)11(16)14-9/h1-6,11,14,16H/t11-/m1/s1. The van der Waals surface area contributed by atoms with Crippen LogP contribution >= 0.6 is 11.6 Å². The van der Waals surface area contributed by atoms with Crippen molar-refractivity contribution in [3.63, 3.8) is 0 Å². The highest BCUT2D eigenvalue weighted by atomic mass is 35.5. The van der Waals surface area contributed by atoms with Crippen LogP contribution in [-0.4, -0.2) is 15.6 Å². The molecular weight excluding hydrogens is 240 g/mol. The first-order valence-corrected chi connectivity index (χ1v) is 5.51. The lowest BCUT2D eigenvalue weighted by molar-refractivity contribution is 0.0950. The summed E-state index contributed by atoms with van der Waals surface area (Å²) in [6, 6.07) is 8.37. The number of nitrogens with zero attached hydrogens (tertiary/aromatic N) is 1. The van der Waals surface area contributed by atoms with Crippen molar-refractivity contribution in [3.8, 4) is 0 Å². The molecule has 0 unspecified atom stereocenters. The molecule has 1 aromatic heterocycles. The predicted molar refractivity (Wildman–Crippen MR) is 64.2 cm³/mol. The first kappa shape index (κ1) is 10.4. The summed E-state index contributed by atoms with van der Waals surface area (Å²) in [4.78, 5) is 12.2. The van der Waals surface area contributed by atoms with Crippen molar-refractivity contribution in [2.45, 2.75) is 6.23 Å². The van der Waals surface area contributed by atoms with Crippen LogP contribution in [0.2, 0.25) is 5.02 Å². The molecule has 2 aromatic rings. The largest absolute Gasteiger partial charge is 0.368 e. The Labute approximate surface area is 102 Å². The van der Waals surface area contributed by atoms with Crippen LogP contribution in [-0.2, 0) is 0 Å². The Hall–Kier alpha value is -1.78. The minimum Gasteiger partial charge on any atom is -0.368 e. The van der Waals surface area contributed by atoms with Gasteiger partial charge in [0, 0.05) is 16.9 Å². The van der Waals surface area contributed by atoms with Crippen molar-refractivity contribution in [3.05, 3.63) is 52.8 Å². The van der Waals surface area contributed by atoms with Crippen LogP contribution in [0.4, 0.5) is 5.69 Å². The van der Waals surface area contributed by atoms with Crippen LogP contribution in [0, 0.1) is 0 Å². The summed E-state index contributed by atoms with van der Waals surface area (Å²) in [5.41, 5.74) is 1.55. The van der Waals surface area contributed by atoms with E-state index in [0.717, 1.165) is 0 Å². The van der Waals surface area contributed by atoms with E-state index in [4.69, 9.17) is 11.6 Å². The second kappa shape index (κ2) is 3.61. The van der Waals surface area contributed by atoms with Gasteiger partial charge in [-0.1, -0.05) is 11.6 Å². The Bertz CT molecular complexity index is 606. The van der Waals surface area contributed by atoms with E-state index in [-0.39, 0.29) is 5.91 Å². The molecule has 0 bridgehead atoms. The highest BCUT2D eigenvalue weighted by Gasteiger charge is 2.24. The molecule has 0 radical (unpaired) electrons. The van der Waals surface area contributed by atoms with Gasteiger partial charge in [0.1, 0.15) is 0 Å². The van der Waals surface area contributed by atoms with Gasteiger partial charge in [0.05, 0.1) is 11.3 Å². The molecule has 0 saturated heterocycles. The third-order valence-corrected chi connectivity index (χ3v) is 3.02. The van der Waals surface area contributed by atoms with Crippen molar-refractivity contribution in [2.24, 2.45) is 0 Å². The van der Waals surface area contributed by atoms with Gasteiger partial charge in [0.15, 0.2) is 6.23 Å². The third-order valence-electron chi connectivity index (χ3n) is 2.78. The maximum Gasteiger partial charge on any atom is 0.264 e. The van der Waals surface area contributed by atoms with Gasteiger partial charge >= 0.3 is 0 Å². The molecule has 1 aromatic carbocycles. The zero-order valence-corrected chi connectivity index (χ0v) is 9.48. The molecule has 17 heavy (non-hydrogen) atoms. The average molecular weight is 249 g/mol. The molecule has 0 amide bonds. The van der Waals surface area contributed by atoms with Gasteiger partial charge in [-0.2, -0.15) is 0 Å². The van der Waals surface area contributed by atoms with Gasteiger partial charge in [0.25, 0.3) is 5.91 Å². The Balaban J connectivity index is 2.25. The van der Waals surface area contributed by atoms with Crippen LogP contribution < -0.4 is 5.32 Å². The Morgan fingerprint density at radius 1 is 1.35 bits per heavy atom. The fourth-order valence-electron chi connectivity index (χ4n) is 1.97. The number of rotatable bonds is 0. The van der Waals surface area contributed by atoms with E-state index >= 15 is 0 Å². The van der Waals surface area contributed by atoms with Gasteiger partial charge < -0.3 is 10.4 Å². The lowest BCUT2D eigenvalue weighted by atomic mass is 10.1. The summed E-state index contributed by atoms with van der Waals surface area (Å²) in [7, 11) is 0. The van der Waals surface area contributed by atoms with E-state index in [9.17, 15) is 9.90 Å². The van der Waals surface area contributed by atoms with Crippen LogP contribution in [0.15, 0.2) is 36.5 Å². The number of aromatic nitrogens is 1. The molecule has 3 rings (SSSR count). The smallest absolute Gasteiger partial charge is 0.264 e. The van der Waals surface area contributed by atoms with Crippen LogP contribution in [0.1, 0.15) is 22.3 Å². The molecule has 2 N–H and O–H groups in total. The quantitative estimate of drug-likeness (QED) is 0.752. The first-order chi connectivity index (χ1) is 8.16. The summed E-state index contributed by atoms with van der Waals surface area (Å²) < 4.78 is 1.42. The zero-order chi connectivity index (χ0) is 12.0. The lowest BCUT2D eigenvalue weighted by Gasteiger charge is -2.11. The fraction of sp³-hybridized carbons (Fsp3) is 0.0833. The molecular formula is C12H9ClN2O2. The zero-order valence-electron chi connectivity index (χ0n) is 8.72. The Morgan fingerprint density at radius 2 is 2.18 bits per heavy atom. The number of anilines is 1. The number of nitrogens with one attached hydrogen (secondary N) is 1. The van der Waals surface area contributed by atoms with Crippen molar-refractivity contribution in [1.82, 2.24) is 4.57 Å². The van der Waals surface area contributed by atoms with Crippen molar-refractivity contribution in [1.29, 1.82) is 0 Å². The second-order valence-electron chi connectivity index (χ2n) is 3.84.